The molecule has 0 spiro atoms. The van der Waals surface area contributed by atoms with E-state index in [9.17, 15) is 18.0 Å². The minimum atomic E-state index is -3.58. The number of nitrogens with zero attached hydrogens (tertiary/aromatic N) is 1. The summed E-state index contributed by atoms with van der Waals surface area (Å²) in [4.78, 5) is 24.7. The van der Waals surface area contributed by atoms with Gasteiger partial charge >= 0.3 is 11.6 Å². The molecule has 0 amide bonds. The van der Waals surface area contributed by atoms with Crippen molar-refractivity contribution >= 4 is 27.0 Å². The lowest BCUT2D eigenvalue weighted by atomic mass is 9.98. The fourth-order valence-electron chi connectivity index (χ4n) is 3.80. The summed E-state index contributed by atoms with van der Waals surface area (Å²) in [6.07, 6.45) is 0.750. The Morgan fingerprint density at radius 3 is 2.50 bits per heavy atom. The molecule has 9 heteroatoms. The third-order valence-corrected chi connectivity index (χ3v) is 7.49. The van der Waals surface area contributed by atoms with Gasteiger partial charge in [0.2, 0.25) is 10.0 Å². The highest BCUT2D eigenvalue weighted by atomic mass is 32.2. The molecule has 0 unspecified atom stereocenters. The van der Waals surface area contributed by atoms with Crippen LogP contribution < -0.4 is 10.4 Å². The molecule has 1 saturated heterocycles. The summed E-state index contributed by atoms with van der Waals surface area (Å²) in [5, 5.41) is 0.655. The lowest BCUT2D eigenvalue weighted by Gasteiger charge is -2.30. The van der Waals surface area contributed by atoms with E-state index in [1.807, 2.05) is 0 Å². The summed E-state index contributed by atoms with van der Waals surface area (Å²) in [5.74, 6) is -0.257. The van der Waals surface area contributed by atoms with Crippen LogP contribution in [0.15, 0.2) is 68.7 Å². The zero-order valence-corrected chi connectivity index (χ0v) is 18.3. The van der Waals surface area contributed by atoms with Gasteiger partial charge in [0.15, 0.2) is 0 Å². The fourth-order valence-corrected chi connectivity index (χ4v) is 5.29. The molecule has 0 saturated carbocycles. The molecule has 1 aliphatic rings. The van der Waals surface area contributed by atoms with Crippen molar-refractivity contribution in [2.45, 2.75) is 24.3 Å². The highest BCUT2D eigenvalue weighted by Gasteiger charge is 2.32. The van der Waals surface area contributed by atoms with E-state index in [0.717, 1.165) is 0 Å². The predicted octanol–water partition coefficient (Wildman–Crippen LogP) is 2.95. The number of hydrogen-bond acceptors (Lipinski definition) is 7. The SMILES string of the molecule is COc1ccc2c(COC(=O)C3CCN(S(=O)(=O)c4ccccc4)CC3)cc(=O)oc2c1. The standard InChI is InChI=1S/C23H23NO7S/c1-29-18-7-8-20-17(13-22(25)31-21(20)14-18)15-30-23(26)16-9-11-24(12-10-16)32(27,28)19-5-3-2-4-6-19/h2-8,13-14,16H,9-12,15H2,1H3. The summed E-state index contributed by atoms with van der Waals surface area (Å²) in [6.45, 7) is 0.416. The van der Waals surface area contributed by atoms with E-state index in [1.165, 1.54) is 17.5 Å². The van der Waals surface area contributed by atoms with Gasteiger partial charge in [0.05, 0.1) is 17.9 Å². The number of benzene rings is 2. The first-order valence-electron chi connectivity index (χ1n) is 10.2. The zero-order chi connectivity index (χ0) is 22.7. The molecule has 0 bridgehead atoms. The van der Waals surface area contributed by atoms with Gasteiger partial charge in [-0.1, -0.05) is 18.2 Å². The van der Waals surface area contributed by atoms with Crippen molar-refractivity contribution in [1.82, 2.24) is 4.31 Å². The van der Waals surface area contributed by atoms with Gasteiger partial charge in [-0.15, -0.1) is 0 Å². The molecule has 32 heavy (non-hydrogen) atoms. The maximum Gasteiger partial charge on any atom is 0.336 e. The molecule has 1 fully saturated rings. The number of esters is 1. The second-order valence-electron chi connectivity index (χ2n) is 7.55. The van der Waals surface area contributed by atoms with E-state index in [0.29, 0.717) is 35.1 Å². The topological polar surface area (TPSA) is 103 Å². The van der Waals surface area contributed by atoms with Gasteiger partial charge in [-0.05, 0) is 37.1 Å². The van der Waals surface area contributed by atoms with Gasteiger partial charge < -0.3 is 13.9 Å². The van der Waals surface area contributed by atoms with Crippen molar-refractivity contribution in [1.29, 1.82) is 0 Å². The molecule has 2 aromatic carbocycles. The Bertz CT molecular complexity index is 1280. The molecule has 4 rings (SSSR count). The van der Waals surface area contributed by atoms with E-state index < -0.39 is 27.5 Å². The Labute approximate surface area is 185 Å². The third-order valence-electron chi connectivity index (χ3n) is 5.58. The minimum Gasteiger partial charge on any atom is -0.497 e. The average molecular weight is 458 g/mol. The van der Waals surface area contributed by atoms with Crippen LogP contribution in [-0.4, -0.2) is 38.9 Å². The number of sulfonamides is 1. The van der Waals surface area contributed by atoms with E-state index in [4.69, 9.17) is 13.9 Å². The molecular formula is C23H23NO7S. The van der Waals surface area contributed by atoms with Crippen LogP contribution in [0, 0.1) is 5.92 Å². The lowest BCUT2D eigenvalue weighted by Crippen LogP contribution is -2.40. The molecule has 1 aliphatic heterocycles. The molecule has 0 aliphatic carbocycles. The van der Waals surface area contributed by atoms with Crippen LogP contribution in [0.25, 0.3) is 11.0 Å². The van der Waals surface area contributed by atoms with Crippen molar-refractivity contribution in [3.8, 4) is 5.75 Å². The first-order valence-corrected chi connectivity index (χ1v) is 11.6. The number of piperidine rings is 1. The van der Waals surface area contributed by atoms with Gasteiger partial charge in [-0.2, -0.15) is 4.31 Å². The summed E-state index contributed by atoms with van der Waals surface area (Å²) < 4.78 is 42.7. The van der Waals surface area contributed by atoms with Crippen LogP contribution in [0.1, 0.15) is 18.4 Å². The number of rotatable bonds is 6. The molecule has 0 atom stereocenters. The van der Waals surface area contributed by atoms with Gasteiger partial charge in [0, 0.05) is 36.2 Å². The van der Waals surface area contributed by atoms with Crippen LogP contribution in [0.4, 0.5) is 0 Å². The number of hydrogen-bond donors (Lipinski definition) is 0. The lowest BCUT2D eigenvalue weighted by molar-refractivity contribution is -0.151. The van der Waals surface area contributed by atoms with Crippen LogP contribution in [0.5, 0.6) is 5.75 Å². The molecule has 168 valence electrons. The van der Waals surface area contributed by atoms with Crippen LogP contribution in [-0.2, 0) is 26.2 Å². The Morgan fingerprint density at radius 2 is 1.81 bits per heavy atom. The van der Waals surface area contributed by atoms with E-state index >= 15 is 0 Å². The quantitative estimate of drug-likeness (QED) is 0.414. The fraction of sp³-hybridized carbons (Fsp3) is 0.304. The largest absolute Gasteiger partial charge is 0.497 e. The van der Waals surface area contributed by atoms with Crippen LogP contribution >= 0.6 is 0 Å². The molecular weight excluding hydrogens is 434 g/mol. The summed E-state index contributed by atoms with van der Waals surface area (Å²) in [5.41, 5.74) is 0.342. The third kappa shape index (κ3) is 4.53. The second-order valence-corrected chi connectivity index (χ2v) is 9.49. The van der Waals surface area contributed by atoms with Crippen LogP contribution in [0.2, 0.25) is 0 Å². The Balaban J connectivity index is 1.39. The summed E-state index contributed by atoms with van der Waals surface area (Å²) >= 11 is 0. The number of methoxy groups -OCH3 is 1. The normalized spacial score (nSPS) is 15.5. The van der Waals surface area contributed by atoms with Gasteiger partial charge in [0.1, 0.15) is 17.9 Å². The maximum absolute atomic E-state index is 12.7. The van der Waals surface area contributed by atoms with Crippen molar-refractivity contribution in [3.05, 3.63) is 70.6 Å². The first-order chi connectivity index (χ1) is 15.4. The number of carbonyl (C=O) groups excluding carboxylic acids is 1. The van der Waals surface area contributed by atoms with E-state index in [1.54, 1.807) is 48.5 Å². The number of ether oxygens (including phenoxy) is 2. The van der Waals surface area contributed by atoms with Crippen molar-refractivity contribution < 1.29 is 27.1 Å². The summed E-state index contributed by atoms with van der Waals surface area (Å²) in [6, 6.07) is 14.6. The summed E-state index contributed by atoms with van der Waals surface area (Å²) in [7, 11) is -2.06. The van der Waals surface area contributed by atoms with Crippen LogP contribution in [0.3, 0.4) is 0 Å². The Morgan fingerprint density at radius 1 is 1.09 bits per heavy atom. The van der Waals surface area contributed by atoms with Gasteiger partial charge in [-0.3, -0.25) is 4.79 Å². The van der Waals surface area contributed by atoms with Gasteiger partial charge in [0.25, 0.3) is 0 Å². The predicted molar refractivity (Wildman–Crippen MR) is 117 cm³/mol. The Hall–Kier alpha value is -3.17. The van der Waals surface area contributed by atoms with Crippen molar-refractivity contribution in [2.75, 3.05) is 20.2 Å². The molecule has 3 aromatic rings. The number of carbonyl (C=O) groups is 1. The van der Waals surface area contributed by atoms with E-state index in [2.05, 4.69) is 0 Å². The zero-order valence-electron chi connectivity index (χ0n) is 17.5. The van der Waals surface area contributed by atoms with Gasteiger partial charge in [-0.25, -0.2) is 13.2 Å². The highest BCUT2D eigenvalue weighted by Crippen LogP contribution is 2.26. The smallest absolute Gasteiger partial charge is 0.336 e. The molecule has 0 N–H and O–H groups in total. The van der Waals surface area contributed by atoms with Crippen molar-refractivity contribution in [2.24, 2.45) is 5.92 Å². The molecule has 2 heterocycles. The average Bonchev–Trinajstić information content (AvgIpc) is 2.82. The monoisotopic (exact) mass is 457 g/mol. The maximum atomic E-state index is 12.7. The second kappa shape index (κ2) is 9.13. The van der Waals surface area contributed by atoms with E-state index in [-0.39, 0.29) is 24.6 Å². The highest BCUT2D eigenvalue weighted by molar-refractivity contribution is 7.89. The molecule has 0 radical (unpaired) electrons. The first kappa shape index (κ1) is 22.0. The molecule has 1 aromatic heterocycles. The molecule has 8 nitrogen and oxygen atoms in total. The number of fused-ring (bicyclic) bond motifs is 1. The Kier molecular flexibility index (Phi) is 6.29. The minimum absolute atomic E-state index is 0.0736. The van der Waals surface area contributed by atoms with Crippen molar-refractivity contribution in [3.63, 3.8) is 0 Å².